The number of carbonyl (C=O) groups excluding carboxylic acids is 3. The monoisotopic (exact) mass is 433 g/mol. The fraction of sp³-hybridized carbons (Fsp3) is 0.609. The lowest BCUT2D eigenvalue weighted by molar-refractivity contribution is -0.124. The normalized spacial score (nSPS) is 15.9. The van der Waals surface area contributed by atoms with Crippen molar-refractivity contribution >= 4 is 17.9 Å². The number of nitrogens with one attached hydrogen (secondary N) is 2. The SMILES string of the molecule is COc1ccc(C(=O)NC(C(=O)NC2CCN(C(=O)OC(C)(C)C)CC2)C(C)C)cc1. The van der Waals surface area contributed by atoms with Crippen molar-refractivity contribution < 1.29 is 23.9 Å². The molecule has 1 unspecified atom stereocenters. The van der Waals surface area contributed by atoms with E-state index in [-0.39, 0.29) is 29.9 Å². The summed E-state index contributed by atoms with van der Waals surface area (Å²) in [5, 5.41) is 5.87. The third-order valence-electron chi connectivity index (χ3n) is 5.08. The first-order chi connectivity index (χ1) is 14.5. The zero-order chi connectivity index (χ0) is 23.2. The molecule has 1 fully saturated rings. The Hall–Kier alpha value is -2.77. The molecule has 1 atom stereocenters. The van der Waals surface area contributed by atoms with Crippen LogP contribution in [0.4, 0.5) is 4.79 Å². The summed E-state index contributed by atoms with van der Waals surface area (Å²) in [6, 6.07) is 6.03. The highest BCUT2D eigenvalue weighted by atomic mass is 16.6. The first-order valence-corrected chi connectivity index (χ1v) is 10.7. The van der Waals surface area contributed by atoms with Crippen molar-refractivity contribution in [1.82, 2.24) is 15.5 Å². The molecule has 1 aliphatic rings. The molecular formula is C23H35N3O5. The molecule has 8 nitrogen and oxygen atoms in total. The van der Waals surface area contributed by atoms with Gasteiger partial charge in [-0.2, -0.15) is 0 Å². The maximum Gasteiger partial charge on any atom is 0.410 e. The van der Waals surface area contributed by atoms with Crippen molar-refractivity contribution in [3.8, 4) is 5.75 Å². The van der Waals surface area contributed by atoms with Gasteiger partial charge in [0.1, 0.15) is 17.4 Å². The van der Waals surface area contributed by atoms with E-state index in [1.807, 2.05) is 34.6 Å². The van der Waals surface area contributed by atoms with E-state index in [4.69, 9.17) is 9.47 Å². The van der Waals surface area contributed by atoms with Crippen LogP contribution in [-0.4, -0.2) is 60.7 Å². The number of ether oxygens (including phenoxy) is 2. The van der Waals surface area contributed by atoms with Gasteiger partial charge in [-0.25, -0.2) is 4.79 Å². The summed E-state index contributed by atoms with van der Waals surface area (Å²) in [4.78, 5) is 39.3. The fourth-order valence-corrected chi connectivity index (χ4v) is 3.33. The van der Waals surface area contributed by atoms with Crippen molar-refractivity contribution in [3.63, 3.8) is 0 Å². The predicted octanol–water partition coefficient (Wildman–Crippen LogP) is 2.97. The van der Waals surface area contributed by atoms with Crippen LogP contribution in [-0.2, 0) is 9.53 Å². The number of carbonyl (C=O) groups is 3. The van der Waals surface area contributed by atoms with Gasteiger partial charge in [0.05, 0.1) is 7.11 Å². The van der Waals surface area contributed by atoms with Crippen LogP contribution in [0.5, 0.6) is 5.75 Å². The molecule has 172 valence electrons. The lowest BCUT2D eigenvalue weighted by Gasteiger charge is -2.34. The lowest BCUT2D eigenvalue weighted by Crippen LogP contribution is -2.54. The highest BCUT2D eigenvalue weighted by Crippen LogP contribution is 2.16. The van der Waals surface area contributed by atoms with Gasteiger partial charge in [-0.3, -0.25) is 9.59 Å². The predicted molar refractivity (Wildman–Crippen MR) is 118 cm³/mol. The van der Waals surface area contributed by atoms with Gasteiger partial charge >= 0.3 is 6.09 Å². The van der Waals surface area contributed by atoms with Crippen LogP contribution in [0.25, 0.3) is 0 Å². The summed E-state index contributed by atoms with van der Waals surface area (Å²) in [6.45, 7) is 10.3. The van der Waals surface area contributed by atoms with Crippen molar-refractivity contribution in [2.45, 2.75) is 65.1 Å². The second kappa shape index (κ2) is 10.5. The number of piperidine rings is 1. The third kappa shape index (κ3) is 7.45. The van der Waals surface area contributed by atoms with Crippen molar-refractivity contribution in [2.75, 3.05) is 20.2 Å². The first kappa shape index (κ1) is 24.5. The molecule has 1 aromatic rings. The van der Waals surface area contributed by atoms with E-state index in [0.29, 0.717) is 37.2 Å². The topological polar surface area (TPSA) is 97.0 Å². The molecular weight excluding hydrogens is 398 g/mol. The number of benzene rings is 1. The smallest absolute Gasteiger partial charge is 0.410 e. The number of hydrogen-bond acceptors (Lipinski definition) is 5. The number of likely N-dealkylation sites (tertiary alicyclic amines) is 1. The maximum absolute atomic E-state index is 12.9. The standard InChI is InChI=1S/C23H35N3O5/c1-15(2)19(25-20(27)16-7-9-18(30-6)10-8-16)21(28)24-17-11-13-26(14-12-17)22(29)31-23(3,4)5/h7-10,15,17,19H,11-14H2,1-6H3,(H,24,28)(H,25,27). The summed E-state index contributed by atoms with van der Waals surface area (Å²) >= 11 is 0. The largest absolute Gasteiger partial charge is 0.497 e. The summed E-state index contributed by atoms with van der Waals surface area (Å²) < 4.78 is 10.5. The highest BCUT2D eigenvalue weighted by Gasteiger charge is 2.30. The number of methoxy groups -OCH3 is 1. The van der Waals surface area contributed by atoms with Gasteiger partial charge in [-0.1, -0.05) is 13.8 Å². The van der Waals surface area contributed by atoms with Crippen LogP contribution < -0.4 is 15.4 Å². The average molecular weight is 434 g/mol. The molecule has 0 aliphatic carbocycles. The Labute approximate surface area is 184 Å². The van der Waals surface area contributed by atoms with Gasteiger partial charge in [0.25, 0.3) is 5.91 Å². The Bertz CT molecular complexity index is 762. The highest BCUT2D eigenvalue weighted by molar-refractivity contribution is 5.97. The first-order valence-electron chi connectivity index (χ1n) is 10.7. The molecule has 0 saturated carbocycles. The summed E-state index contributed by atoms with van der Waals surface area (Å²) in [5.41, 5.74) is -0.0701. The molecule has 2 rings (SSSR count). The molecule has 0 radical (unpaired) electrons. The molecule has 0 spiro atoms. The molecule has 0 bridgehead atoms. The Kier molecular flexibility index (Phi) is 8.30. The van der Waals surface area contributed by atoms with E-state index >= 15 is 0 Å². The summed E-state index contributed by atoms with van der Waals surface area (Å²) in [5.74, 6) is 0.0558. The molecule has 1 heterocycles. The zero-order valence-electron chi connectivity index (χ0n) is 19.4. The molecule has 3 amide bonds. The third-order valence-corrected chi connectivity index (χ3v) is 5.08. The van der Waals surface area contributed by atoms with Gasteiger partial charge in [-0.05, 0) is 63.8 Å². The van der Waals surface area contributed by atoms with Gasteiger partial charge < -0.3 is 25.0 Å². The molecule has 31 heavy (non-hydrogen) atoms. The van der Waals surface area contributed by atoms with Crippen LogP contribution >= 0.6 is 0 Å². The zero-order valence-corrected chi connectivity index (χ0v) is 19.4. The molecule has 0 aromatic heterocycles. The second-order valence-electron chi connectivity index (χ2n) is 9.17. The van der Waals surface area contributed by atoms with Crippen LogP contribution in [0.15, 0.2) is 24.3 Å². The summed E-state index contributed by atoms with van der Waals surface area (Å²) in [6.07, 6.45) is 0.953. The van der Waals surface area contributed by atoms with Crippen LogP contribution in [0.3, 0.4) is 0 Å². The molecule has 1 saturated heterocycles. The van der Waals surface area contributed by atoms with Crippen LogP contribution in [0.2, 0.25) is 0 Å². The minimum absolute atomic E-state index is 0.0506. The minimum atomic E-state index is -0.654. The second-order valence-corrected chi connectivity index (χ2v) is 9.17. The number of rotatable bonds is 6. The van der Waals surface area contributed by atoms with E-state index in [2.05, 4.69) is 10.6 Å². The van der Waals surface area contributed by atoms with Gasteiger partial charge in [-0.15, -0.1) is 0 Å². The van der Waals surface area contributed by atoms with Crippen LogP contribution in [0.1, 0.15) is 57.8 Å². The quantitative estimate of drug-likeness (QED) is 0.719. The Morgan fingerprint density at radius 3 is 2.13 bits per heavy atom. The number of hydrogen-bond donors (Lipinski definition) is 2. The van der Waals surface area contributed by atoms with Gasteiger partial charge in [0.2, 0.25) is 5.91 Å². The fourth-order valence-electron chi connectivity index (χ4n) is 3.33. The van der Waals surface area contributed by atoms with E-state index in [0.717, 1.165) is 0 Å². The van der Waals surface area contributed by atoms with Crippen LogP contribution in [0, 0.1) is 5.92 Å². The molecule has 8 heteroatoms. The Balaban J connectivity index is 1.89. The van der Waals surface area contributed by atoms with Crippen molar-refractivity contribution in [3.05, 3.63) is 29.8 Å². The molecule has 1 aromatic carbocycles. The van der Waals surface area contributed by atoms with Crippen molar-refractivity contribution in [1.29, 1.82) is 0 Å². The Morgan fingerprint density at radius 2 is 1.65 bits per heavy atom. The van der Waals surface area contributed by atoms with E-state index in [1.165, 1.54) is 0 Å². The number of nitrogens with zero attached hydrogens (tertiary/aromatic N) is 1. The lowest BCUT2D eigenvalue weighted by atomic mass is 10.00. The van der Waals surface area contributed by atoms with E-state index in [1.54, 1.807) is 36.3 Å². The molecule has 1 aliphatic heterocycles. The molecule has 2 N–H and O–H groups in total. The van der Waals surface area contributed by atoms with E-state index in [9.17, 15) is 14.4 Å². The average Bonchev–Trinajstić information content (AvgIpc) is 2.70. The van der Waals surface area contributed by atoms with Crippen molar-refractivity contribution in [2.24, 2.45) is 5.92 Å². The van der Waals surface area contributed by atoms with Gasteiger partial charge in [0.15, 0.2) is 0 Å². The maximum atomic E-state index is 12.9. The summed E-state index contributed by atoms with van der Waals surface area (Å²) in [7, 11) is 1.56. The Morgan fingerprint density at radius 1 is 1.06 bits per heavy atom. The number of amides is 3. The minimum Gasteiger partial charge on any atom is -0.497 e. The van der Waals surface area contributed by atoms with Gasteiger partial charge in [0, 0.05) is 24.7 Å². The van der Waals surface area contributed by atoms with E-state index < -0.39 is 11.6 Å².